The SMILES string of the molecule is CN1CCC(CNC(=O)c2cccc(I)c2)CC1. The van der Waals surface area contributed by atoms with Gasteiger partial charge >= 0.3 is 0 Å². The van der Waals surface area contributed by atoms with Crippen LogP contribution in [0.15, 0.2) is 24.3 Å². The Morgan fingerprint density at radius 2 is 2.17 bits per heavy atom. The van der Waals surface area contributed by atoms with Crippen LogP contribution in [0.2, 0.25) is 0 Å². The summed E-state index contributed by atoms with van der Waals surface area (Å²) in [6.07, 6.45) is 2.37. The molecule has 1 aromatic rings. The third kappa shape index (κ3) is 3.95. The molecule has 2 rings (SSSR count). The molecule has 0 atom stereocenters. The number of likely N-dealkylation sites (tertiary alicyclic amines) is 1. The van der Waals surface area contributed by atoms with Gasteiger partial charge in [0, 0.05) is 15.7 Å². The van der Waals surface area contributed by atoms with Gasteiger partial charge in [0.25, 0.3) is 5.91 Å². The van der Waals surface area contributed by atoms with Gasteiger partial charge in [-0.1, -0.05) is 6.07 Å². The first kappa shape index (κ1) is 13.8. The molecule has 1 saturated heterocycles. The highest BCUT2D eigenvalue weighted by Gasteiger charge is 2.17. The summed E-state index contributed by atoms with van der Waals surface area (Å²) in [4.78, 5) is 14.3. The van der Waals surface area contributed by atoms with E-state index in [0.717, 1.165) is 28.8 Å². The Kier molecular flexibility index (Phi) is 5.00. The summed E-state index contributed by atoms with van der Waals surface area (Å²) in [6, 6.07) is 7.71. The van der Waals surface area contributed by atoms with E-state index >= 15 is 0 Å². The molecule has 1 aliphatic rings. The molecule has 0 radical (unpaired) electrons. The number of carbonyl (C=O) groups is 1. The first-order valence-corrected chi connectivity index (χ1v) is 7.45. The predicted octanol–water partition coefficient (Wildman–Crippen LogP) is 2.36. The van der Waals surface area contributed by atoms with Crippen molar-refractivity contribution < 1.29 is 4.79 Å². The third-order valence-electron chi connectivity index (χ3n) is 3.48. The lowest BCUT2D eigenvalue weighted by Crippen LogP contribution is -2.36. The van der Waals surface area contributed by atoms with Gasteiger partial charge in [0.15, 0.2) is 0 Å². The van der Waals surface area contributed by atoms with Crippen LogP contribution in [0, 0.1) is 9.49 Å². The summed E-state index contributed by atoms with van der Waals surface area (Å²) < 4.78 is 1.10. The summed E-state index contributed by atoms with van der Waals surface area (Å²) in [7, 11) is 2.15. The van der Waals surface area contributed by atoms with Crippen molar-refractivity contribution in [1.29, 1.82) is 0 Å². The predicted molar refractivity (Wildman–Crippen MR) is 81.7 cm³/mol. The molecule has 1 aromatic carbocycles. The molecular formula is C14H19IN2O. The van der Waals surface area contributed by atoms with Gasteiger partial charge in [0.2, 0.25) is 0 Å². The quantitative estimate of drug-likeness (QED) is 0.842. The zero-order valence-electron chi connectivity index (χ0n) is 10.7. The monoisotopic (exact) mass is 358 g/mol. The molecule has 0 bridgehead atoms. The number of nitrogens with one attached hydrogen (secondary N) is 1. The third-order valence-corrected chi connectivity index (χ3v) is 4.15. The van der Waals surface area contributed by atoms with Crippen molar-refractivity contribution in [1.82, 2.24) is 10.2 Å². The summed E-state index contributed by atoms with van der Waals surface area (Å²) in [5, 5.41) is 3.05. The highest BCUT2D eigenvalue weighted by atomic mass is 127. The van der Waals surface area contributed by atoms with E-state index in [4.69, 9.17) is 0 Å². The number of carbonyl (C=O) groups excluding carboxylic acids is 1. The minimum absolute atomic E-state index is 0.0486. The minimum Gasteiger partial charge on any atom is -0.352 e. The van der Waals surface area contributed by atoms with Gasteiger partial charge in [-0.15, -0.1) is 0 Å². The Bertz CT molecular complexity index is 414. The molecule has 0 saturated carbocycles. The molecule has 1 fully saturated rings. The van der Waals surface area contributed by atoms with Crippen LogP contribution < -0.4 is 5.32 Å². The van der Waals surface area contributed by atoms with Gasteiger partial charge in [-0.3, -0.25) is 4.79 Å². The van der Waals surface area contributed by atoms with E-state index in [2.05, 4.69) is 39.9 Å². The zero-order valence-corrected chi connectivity index (χ0v) is 12.8. The molecule has 4 heteroatoms. The summed E-state index contributed by atoms with van der Waals surface area (Å²) in [6.45, 7) is 3.09. The molecule has 3 nitrogen and oxygen atoms in total. The molecular weight excluding hydrogens is 339 g/mol. The molecule has 0 unspecified atom stereocenters. The standard InChI is InChI=1S/C14H19IN2O/c1-17-7-5-11(6-8-17)10-16-14(18)12-3-2-4-13(15)9-12/h2-4,9,11H,5-8,10H2,1H3,(H,16,18). The average Bonchev–Trinajstić information content (AvgIpc) is 2.38. The number of nitrogens with zero attached hydrogens (tertiary/aromatic N) is 1. The van der Waals surface area contributed by atoms with Crippen molar-refractivity contribution in [2.45, 2.75) is 12.8 Å². The van der Waals surface area contributed by atoms with E-state index < -0.39 is 0 Å². The molecule has 0 aliphatic carbocycles. The van der Waals surface area contributed by atoms with Crippen LogP contribution in [0.1, 0.15) is 23.2 Å². The van der Waals surface area contributed by atoms with Crippen molar-refractivity contribution in [3.63, 3.8) is 0 Å². The molecule has 18 heavy (non-hydrogen) atoms. The van der Waals surface area contributed by atoms with E-state index in [1.165, 1.54) is 12.8 Å². The van der Waals surface area contributed by atoms with Gasteiger partial charge in [-0.2, -0.15) is 0 Å². The molecule has 1 amide bonds. The number of halogens is 1. The number of piperidine rings is 1. The van der Waals surface area contributed by atoms with Crippen LogP contribution in [0.5, 0.6) is 0 Å². The van der Waals surface area contributed by atoms with Crippen LogP contribution in [-0.4, -0.2) is 37.5 Å². The summed E-state index contributed by atoms with van der Waals surface area (Å²) >= 11 is 2.23. The first-order valence-electron chi connectivity index (χ1n) is 6.37. The summed E-state index contributed by atoms with van der Waals surface area (Å²) in [5.41, 5.74) is 0.759. The van der Waals surface area contributed by atoms with Crippen LogP contribution in [0.25, 0.3) is 0 Å². The van der Waals surface area contributed by atoms with Crippen molar-refractivity contribution in [3.8, 4) is 0 Å². The van der Waals surface area contributed by atoms with Gasteiger partial charge in [-0.05, 0) is 79.7 Å². The second-order valence-electron chi connectivity index (χ2n) is 4.97. The fraction of sp³-hybridized carbons (Fsp3) is 0.500. The number of hydrogen-bond donors (Lipinski definition) is 1. The molecule has 0 spiro atoms. The van der Waals surface area contributed by atoms with Crippen LogP contribution in [0.3, 0.4) is 0 Å². The van der Waals surface area contributed by atoms with Gasteiger partial charge in [0.05, 0.1) is 0 Å². The van der Waals surface area contributed by atoms with E-state index in [1.807, 2.05) is 24.3 Å². The van der Waals surface area contributed by atoms with Gasteiger partial charge in [-0.25, -0.2) is 0 Å². The fourth-order valence-electron chi connectivity index (χ4n) is 2.24. The maximum absolute atomic E-state index is 12.0. The number of hydrogen-bond acceptors (Lipinski definition) is 2. The highest BCUT2D eigenvalue weighted by Crippen LogP contribution is 2.15. The first-order chi connectivity index (χ1) is 8.65. The van der Waals surface area contributed by atoms with E-state index in [1.54, 1.807) is 0 Å². The Hall–Kier alpha value is -0.620. The van der Waals surface area contributed by atoms with E-state index in [9.17, 15) is 4.79 Å². The molecule has 0 aromatic heterocycles. The van der Waals surface area contributed by atoms with Gasteiger partial charge in [0.1, 0.15) is 0 Å². The zero-order chi connectivity index (χ0) is 13.0. The van der Waals surface area contributed by atoms with Crippen LogP contribution >= 0.6 is 22.6 Å². The lowest BCUT2D eigenvalue weighted by molar-refractivity contribution is 0.0939. The van der Waals surface area contributed by atoms with Crippen molar-refractivity contribution in [3.05, 3.63) is 33.4 Å². The average molecular weight is 358 g/mol. The molecule has 98 valence electrons. The van der Waals surface area contributed by atoms with E-state index in [-0.39, 0.29) is 5.91 Å². The Labute approximate surface area is 122 Å². The van der Waals surface area contributed by atoms with Crippen molar-refractivity contribution in [2.24, 2.45) is 5.92 Å². The topological polar surface area (TPSA) is 32.3 Å². The Morgan fingerprint density at radius 1 is 1.44 bits per heavy atom. The molecule has 1 aliphatic heterocycles. The Morgan fingerprint density at radius 3 is 2.83 bits per heavy atom. The largest absolute Gasteiger partial charge is 0.352 e. The highest BCUT2D eigenvalue weighted by molar-refractivity contribution is 14.1. The van der Waals surface area contributed by atoms with Crippen molar-refractivity contribution in [2.75, 3.05) is 26.7 Å². The van der Waals surface area contributed by atoms with E-state index in [0.29, 0.717) is 5.92 Å². The smallest absolute Gasteiger partial charge is 0.251 e. The number of benzene rings is 1. The summed E-state index contributed by atoms with van der Waals surface area (Å²) in [5.74, 6) is 0.681. The second kappa shape index (κ2) is 6.52. The van der Waals surface area contributed by atoms with Crippen molar-refractivity contribution >= 4 is 28.5 Å². The van der Waals surface area contributed by atoms with Crippen LogP contribution in [-0.2, 0) is 0 Å². The van der Waals surface area contributed by atoms with Crippen LogP contribution in [0.4, 0.5) is 0 Å². The van der Waals surface area contributed by atoms with Gasteiger partial charge < -0.3 is 10.2 Å². The molecule has 1 N–H and O–H groups in total. The molecule has 1 heterocycles. The fourth-order valence-corrected chi connectivity index (χ4v) is 2.78. The number of rotatable bonds is 3. The number of amides is 1. The Balaban J connectivity index is 1.81. The normalized spacial score (nSPS) is 17.7. The maximum Gasteiger partial charge on any atom is 0.251 e. The lowest BCUT2D eigenvalue weighted by atomic mass is 9.97. The maximum atomic E-state index is 12.0. The lowest BCUT2D eigenvalue weighted by Gasteiger charge is -2.28. The second-order valence-corrected chi connectivity index (χ2v) is 6.21. The minimum atomic E-state index is 0.0486.